The van der Waals surface area contributed by atoms with E-state index in [-0.39, 0.29) is 11.5 Å². The molecule has 150 valence electrons. The third kappa shape index (κ3) is 4.03. The highest BCUT2D eigenvalue weighted by Gasteiger charge is 2.26. The number of rotatable bonds is 6. The molecule has 8 heteroatoms. The van der Waals surface area contributed by atoms with Gasteiger partial charge in [0.1, 0.15) is 11.7 Å². The summed E-state index contributed by atoms with van der Waals surface area (Å²) in [6, 6.07) is 19.1. The molecule has 8 nitrogen and oxygen atoms in total. The Labute approximate surface area is 171 Å². The van der Waals surface area contributed by atoms with Gasteiger partial charge in [0.25, 0.3) is 11.5 Å². The van der Waals surface area contributed by atoms with Crippen molar-refractivity contribution in [2.75, 3.05) is 0 Å². The molecule has 0 saturated heterocycles. The van der Waals surface area contributed by atoms with Gasteiger partial charge in [-0.3, -0.25) is 14.6 Å². The number of aliphatic hydroxyl groups excluding tert-OH is 1. The van der Waals surface area contributed by atoms with Crippen molar-refractivity contribution < 1.29 is 9.90 Å². The van der Waals surface area contributed by atoms with Crippen LogP contribution in [0.2, 0.25) is 0 Å². The summed E-state index contributed by atoms with van der Waals surface area (Å²) in [5, 5.41) is 17.7. The van der Waals surface area contributed by atoms with Crippen LogP contribution < -0.4 is 10.9 Å². The lowest BCUT2D eigenvalue weighted by molar-refractivity contribution is 0.0829. The Kier molecular flexibility index (Phi) is 5.49. The number of H-pyrrole nitrogens is 1. The van der Waals surface area contributed by atoms with Crippen LogP contribution >= 0.6 is 0 Å². The Morgan fingerprint density at radius 1 is 1.00 bits per heavy atom. The smallest absolute Gasteiger partial charge is 0.265 e. The van der Waals surface area contributed by atoms with Crippen LogP contribution in [0.5, 0.6) is 0 Å². The van der Waals surface area contributed by atoms with Gasteiger partial charge >= 0.3 is 0 Å². The predicted octanol–water partition coefficient (Wildman–Crippen LogP) is 2.16. The zero-order valence-corrected chi connectivity index (χ0v) is 15.8. The minimum atomic E-state index is -1.01. The van der Waals surface area contributed by atoms with Gasteiger partial charge in [0.2, 0.25) is 5.95 Å². The molecule has 2 heterocycles. The topological polar surface area (TPSA) is 113 Å². The summed E-state index contributed by atoms with van der Waals surface area (Å²) >= 11 is 0. The van der Waals surface area contributed by atoms with Gasteiger partial charge in [-0.25, -0.2) is 9.67 Å². The van der Waals surface area contributed by atoms with Crippen molar-refractivity contribution >= 4 is 5.91 Å². The van der Waals surface area contributed by atoms with Gasteiger partial charge in [0.05, 0.1) is 6.04 Å². The van der Waals surface area contributed by atoms with Gasteiger partial charge in [-0.05, 0) is 17.2 Å². The van der Waals surface area contributed by atoms with Crippen molar-refractivity contribution in [2.24, 2.45) is 0 Å². The van der Waals surface area contributed by atoms with Crippen molar-refractivity contribution in [3.8, 4) is 5.95 Å². The van der Waals surface area contributed by atoms with Gasteiger partial charge in [0, 0.05) is 18.6 Å². The van der Waals surface area contributed by atoms with Crippen molar-refractivity contribution in [3.63, 3.8) is 0 Å². The maximum atomic E-state index is 12.9. The van der Waals surface area contributed by atoms with Crippen LogP contribution in [0.25, 0.3) is 5.95 Å². The molecule has 1 amide bonds. The SMILES string of the molecule is O=C(NC(c1ccccc1)C(O)c1ccccc1)c1cnc(-n2cccn2)[nH]c1=O. The van der Waals surface area contributed by atoms with E-state index >= 15 is 0 Å². The number of aliphatic hydroxyl groups is 1. The van der Waals surface area contributed by atoms with E-state index in [1.165, 1.54) is 10.9 Å². The number of aromatic amines is 1. The standard InChI is InChI=1S/C22H19N5O3/c28-19(16-10-5-2-6-11-16)18(15-8-3-1-4-9-15)25-20(29)17-14-23-22(26-21(17)30)27-13-7-12-24-27/h1-14,18-19,28H,(H,25,29)(H,23,26,30). The number of nitrogens with one attached hydrogen (secondary N) is 2. The minimum absolute atomic E-state index is 0.160. The molecular weight excluding hydrogens is 382 g/mol. The maximum Gasteiger partial charge on any atom is 0.265 e. The fraction of sp³-hybridized carbons (Fsp3) is 0.0909. The summed E-state index contributed by atoms with van der Waals surface area (Å²) in [5.41, 5.74) is 0.591. The second-order valence-electron chi connectivity index (χ2n) is 6.62. The molecule has 2 aromatic carbocycles. The lowest BCUT2D eigenvalue weighted by atomic mass is 9.95. The first kappa shape index (κ1) is 19.3. The second-order valence-corrected chi connectivity index (χ2v) is 6.62. The van der Waals surface area contributed by atoms with Crippen LogP contribution in [0.4, 0.5) is 0 Å². The van der Waals surface area contributed by atoms with E-state index in [9.17, 15) is 14.7 Å². The predicted molar refractivity (Wildman–Crippen MR) is 110 cm³/mol. The molecule has 0 aliphatic heterocycles. The molecule has 2 aromatic heterocycles. The van der Waals surface area contributed by atoms with Gasteiger partial charge in [-0.1, -0.05) is 60.7 Å². The maximum absolute atomic E-state index is 12.9. The summed E-state index contributed by atoms with van der Waals surface area (Å²) in [4.78, 5) is 32.0. The number of nitrogens with zero attached hydrogens (tertiary/aromatic N) is 3. The first-order chi connectivity index (χ1) is 14.6. The van der Waals surface area contributed by atoms with Gasteiger partial charge in [-0.15, -0.1) is 0 Å². The molecule has 2 atom stereocenters. The van der Waals surface area contributed by atoms with E-state index in [2.05, 4.69) is 20.4 Å². The zero-order valence-electron chi connectivity index (χ0n) is 15.8. The average molecular weight is 401 g/mol. The Hall–Kier alpha value is -4.04. The molecule has 0 fully saturated rings. The van der Waals surface area contributed by atoms with E-state index in [4.69, 9.17) is 0 Å². The van der Waals surface area contributed by atoms with E-state index < -0.39 is 23.6 Å². The fourth-order valence-electron chi connectivity index (χ4n) is 3.12. The molecular formula is C22H19N5O3. The van der Waals surface area contributed by atoms with E-state index in [1.54, 1.807) is 42.7 Å². The summed E-state index contributed by atoms with van der Waals surface area (Å²) in [6.07, 6.45) is 3.37. The number of amides is 1. The molecule has 0 aliphatic carbocycles. The largest absolute Gasteiger partial charge is 0.386 e. The minimum Gasteiger partial charge on any atom is -0.386 e. The number of hydrogen-bond acceptors (Lipinski definition) is 5. The van der Waals surface area contributed by atoms with Crippen molar-refractivity contribution in [2.45, 2.75) is 12.1 Å². The summed E-state index contributed by atoms with van der Waals surface area (Å²) in [7, 11) is 0. The summed E-state index contributed by atoms with van der Waals surface area (Å²) < 4.78 is 1.38. The normalized spacial score (nSPS) is 12.8. The Morgan fingerprint density at radius 2 is 1.67 bits per heavy atom. The van der Waals surface area contributed by atoms with Crippen LogP contribution in [0.15, 0.2) is 90.1 Å². The van der Waals surface area contributed by atoms with Crippen LogP contribution in [0, 0.1) is 0 Å². The molecule has 0 radical (unpaired) electrons. The molecule has 0 spiro atoms. The fourth-order valence-corrected chi connectivity index (χ4v) is 3.12. The summed E-state index contributed by atoms with van der Waals surface area (Å²) in [6.45, 7) is 0. The van der Waals surface area contributed by atoms with Crippen molar-refractivity contribution in [3.05, 3.63) is 112 Å². The Balaban J connectivity index is 1.63. The molecule has 30 heavy (non-hydrogen) atoms. The first-order valence-corrected chi connectivity index (χ1v) is 9.31. The molecule has 0 saturated carbocycles. The first-order valence-electron chi connectivity index (χ1n) is 9.31. The molecule has 4 rings (SSSR count). The molecule has 2 unspecified atom stereocenters. The van der Waals surface area contributed by atoms with Gasteiger partial charge in [-0.2, -0.15) is 5.10 Å². The third-order valence-corrected chi connectivity index (χ3v) is 4.65. The molecule has 0 aliphatic rings. The highest BCUT2D eigenvalue weighted by molar-refractivity contribution is 5.93. The molecule has 0 bridgehead atoms. The van der Waals surface area contributed by atoms with E-state index in [0.717, 1.165) is 0 Å². The summed E-state index contributed by atoms with van der Waals surface area (Å²) in [5.74, 6) is -0.440. The Bertz CT molecular complexity index is 1170. The quantitative estimate of drug-likeness (QED) is 0.458. The number of carbonyl (C=O) groups is 1. The Morgan fingerprint density at radius 3 is 2.27 bits per heavy atom. The lowest BCUT2D eigenvalue weighted by Gasteiger charge is -2.25. The second kappa shape index (κ2) is 8.54. The van der Waals surface area contributed by atoms with E-state index in [0.29, 0.717) is 11.1 Å². The monoisotopic (exact) mass is 401 g/mol. The van der Waals surface area contributed by atoms with Gasteiger partial charge in [0.15, 0.2) is 0 Å². The highest BCUT2D eigenvalue weighted by Crippen LogP contribution is 2.28. The number of carbonyl (C=O) groups excluding carboxylic acids is 1. The third-order valence-electron chi connectivity index (χ3n) is 4.65. The van der Waals surface area contributed by atoms with Crippen LogP contribution in [-0.4, -0.2) is 30.8 Å². The van der Waals surface area contributed by atoms with Crippen LogP contribution in [-0.2, 0) is 0 Å². The molecule has 3 N–H and O–H groups in total. The lowest BCUT2D eigenvalue weighted by Crippen LogP contribution is -2.36. The number of benzene rings is 2. The van der Waals surface area contributed by atoms with Crippen LogP contribution in [0.3, 0.4) is 0 Å². The number of hydrogen-bond donors (Lipinski definition) is 3. The number of aromatic nitrogens is 4. The van der Waals surface area contributed by atoms with Gasteiger partial charge < -0.3 is 10.4 Å². The average Bonchev–Trinajstić information content (AvgIpc) is 3.33. The van der Waals surface area contributed by atoms with Crippen LogP contribution in [0.1, 0.15) is 33.6 Å². The molecule has 4 aromatic rings. The van der Waals surface area contributed by atoms with Crippen molar-refractivity contribution in [1.82, 2.24) is 25.1 Å². The highest BCUT2D eigenvalue weighted by atomic mass is 16.3. The van der Waals surface area contributed by atoms with E-state index in [1.807, 2.05) is 36.4 Å². The van der Waals surface area contributed by atoms with Crippen molar-refractivity contribution in [1.29, 1.82) is 0 Å². The zero-order chi connectivity index (χ0) is 20.9.